The van der Waals surface area contributed by atoms with Gasteiger partial charge in [0.2, 0.25) is 0 Å². The van der Waals surface area contributed by atoms with E-state index in [4.69, 9.17) is 11.6 Å². The number of hydrogen-bond donors (Lipinski definition) is 1. The summed E-state index contributed by atoms with van der Waals surface area (Å²) in [5, 5.41) is 1.95. The van der Waals surface area contributed by atoms with Gasteiger partial charge in [0.05, 0.1) is 5.69 Å². The Bertz CT molecular complexity index is 1070. The summed E-state index contributed by atoms with van der Waals surface area (Å²) in [6.07, 6.45) is 3.48. The molecular formula is C21H16ClN3O2. The lowest BCUT2D eigenvalue weighted by Crippen LogP contribution is -2.35. The quantitative estimate of drug-likeness (QED) is 0.556. The highest BCUT2D eigenvalue weighted by Gasteiger charge is 2.34. The van der Waals surface area contributed by atoms with Crippen LogP contribution in [0.25, 0.3) is 11.8 Å². The Labute approximate surface area is 161 Å². The summed E-state index contributed by atoms with van der Waals surface area (Å²) < 4.78 is 1.90. The van der Waals surface area contributed by atoms with Crippen molar-refractivity contribution >= 4 is 35.2 Å². The molecule has 1 N–H and O–H groups in total. The predicted molar refractivity (Wildman–Crippen MR) is 106 cm³/mol. The molecule has 2 amide bonds. The van der Waals surface area contributed by atoms with Gasteiger partial charge in [0.1, 0.15) is 5.57 Å². The largest absolute Gasteiger partial charge is 0.317 e. The van der Waals surface area contributed by atoms with Crippen LogP contribution in [0, 0.1) is 6.92 Å². The lowest BCUT2D eigenvalue weighted by molar-refractivity contribution is -0.117. The van der Waals surface area contributed by atoms with Crippen LogP contribution in [0.5, 0.6) is 0 Å². The minimum atomic E-state index is -0.427. The maximum Gasteiger partial charge on any atom is 0.282 e. The molecule has 1 fully saturated rings. The molecule has 2 aromatic carbocycles. The average Bonchev–Trinajstić information content (AvgIpc) is 3.25. The summed E-state index contributed by atoms with van der Waals surface area (Å²) in [6, 6.07) is 18.4. The number of anilines is 1. The van der Waals surface area contributed by atoms with Gasteiger partial charge < -0.3 is 4.57 Å². The number of benzene rings is 2. The number of aryl methyl sites for hydroxylation is 1. The fourth-order valence-corrected chi connectivity index (χ4v) is 3.11. The Morgan fingerprint density at radius 2 is 1.74 bits per heavy atom. The van der Waals surface area contributed by atoms with Crippen LogP contribution >= 0.6 is 11.6 Å². The molecule has 3 aromatic rings. The topological polar surface area (TPSA) is 54.3 Å². The summed E-state index contributed by atoms with van der Waals surface area (Å²) in [5.74, 6) is -0.810. The zero-order valence-electron chi connectivity index (χ0n) is 14.5. The maximum absolute atomic E-state index is 12.7. The van der Waals surface area contributed by atoms with E-state index in [0.29, 0.717) is 10.7 Å². The molecule has 1 saturated heterocycles. The second-order valence-corrected chi connectivity index (χ2v) is 6.62. The van der Waals surface area contributed by atoms with Gasteiger partial charge in [-0.3, -0.25) is 15.0 Å². The van der Waals surface area contributed by atoms with E-state index in [2.05, 4.69) is 5.43 Å². The lowest BCUT2D eigenvalue weighted by atomic mass is 10.2. The highest BCUT2D eigenvalue weighted by molar-refractivity contribution is 6.32. The first kappa shape index (κ1) is 17.1. The lowest BCUT2D eigenvalue weighted by Gasteiger charge is -2.14. The van der Waals surface area contributed by atoms with Crippen molar-refractivity contribution in [2.45, 2.75) is 6.92 Å². The molecule has 0 aliphatic carbocycles. The highest BCUT2D eigenvalue weighted by atomic mass is 35.5. The molecule has 6 heteroatoms. The van der Waals surface area contributed by atoms with E-state index in [-0.39, 0.29) is 11.5 Å². The van der Waals surface area contributed by atoms with Gasteiger partial charge in [0, 0.05) is 22.6 Å². The van der Waals surface area contributed by atoms with Gasteiger partial charge in [-0.15, -0.1) is 0 Å². The van der Waals surface area contributed by atoms with Crippen LogP contribution in [0.1, 0.15) is 11.3 Å². The molecule has 0 saturated carbocycles. The molecule has 0 radical (unpaired) electrons. The second-order valence-electron chi connectivity index (χ2n) is 6.21. The third kappa shape index (κ3) is 3.13. The van der Waals surface area contributed by atoms with E-state index in [1.54, 1.807) is 18.2 Å². The average molecular weight is 378 g/mol. The Balaban J connectivity index is 1.70. The van der Waals surface area contributed by atoms with Crippen molar-refractivity contribution in [1.82, 2.24) is 9.99 Å². The van der Waals surface area contributed by atoms with Gasteiger partial charge in [-0.1, -0.05) is 29.8 Å². The van der Waals surface area contributed by atoms with E-state index in [9.17, 15) is 9.59 Å². The molecule has 4 rings (SSSR count). The molecule has 2 heterocycles. The normalized spacial score (nSPS) is 15.5. The number of hydrogen-bond acceptors (Lipinski definition) is 2. The summed E-state index contributed by atoms with van der Waals surface area (Å²) in [6.45, 7) is 1.93. The number of aromatic nitrogens is 1. The minimum absolute atomic E-state index is 0.0875. The first-order valence-electron chi connectivity index (χ1n) is 8.40. The Kier molecular flexibility index (Phi) is 4.30. The molecule has 5 nitrogen and oxygen atoms in total. The van der Waals surface area contributed by atoms with Crippen LogP contribution in [0.2, 0.25) is 5.02 Å². The molecule has 0 spiro atoms. The van der Waals surface area contributed by atoms with Gasteiger partial charge in [0.25, 0.3) is 11.8 Å². The van der Waals surface area contributed by atoms with Crippen molar-refractivity contribution in [3.05, 3.63) is 88.7 Å². The zero-order valence-corrected chi connectivity index (χ0v) is 15.3. The van der Waals surface area contributed by atoms with E-state index < -0.39 is 5.91 Å². The van der Waals surface area contributed by atoms with Crippen LogP contribution in [-0.4, -0.2) is 16.4 Å². The maximum atomic E-state index is 12.7. The van der Waals surface area contributed by atoms with Crippen LogP contribution < -0.4 is 10.4 Å². The van der Waals surface area contributed by atoms with E-state index in [0.717, 1.165) is 16.9 Å². The van der Waals surface area contributed by atoms with Crippen molar-refractivity contribution < 1.29 is 9.59 Å². The number of hydrazine groups is 1. The molecular weight excluding hydrogens is 362 g/mol. The number of para-hydroxylation sites is 1. The van der Waals surface area contributed by atoms with Gasteiger partial charge >= 0.3 is 0 Å². The summed E-state index contributed by atoms with van der Waals surface area (Å²) in [7, 11) is 0. The summed E-state index contributed by atoms with van der Waals surface area (Å²) >= 11 is 6.11. The standard InChI is InChI=1S/C21H16ClN3O2/c1-14-12-17(9-10-19(14)22)24-11-5-8-16(24)13-18-20(26)23-25(21(18)27)15-6-3-2-4-7-15/h2-13H,1H3,(H,23,26)/b18-13-. The number of nitrogens with one attached hydrogen (secondary N) is 1. The number of nitrogens with zero attached hydrogens (tertiary/aromatic N) is 2. The molecule has 134 valence electrons. The Morgan fingerprint density at radius 1 is 0.963 bits per heavy atom. The van der Waals surface area contributed by atoms with E-state index in [1.165, 1.54) is 5.01 Å². The molecule has 0 atom stereocenters. The number of rotatable bonds is 3. The zero-order chi connectivity index (χ0) is 19.0. The predicted octanol–water partition coefficient (Wildman–Crippen LogP) is 3.90. The van der Waals surface area contributed by atoms with Crippen molar-refractivity contribution in [2.24, 2.45) is 0 Å². The van der Waals surface area contributed by atoms with Gasteiger partial charge in [0.15, 0.2) is 0 Å². The van der Waals surface area contributed by atoms with Gasteiger partial charge in [-0.2, -0.15) is 0 Å². The third-order valence-electron chi connectivity index (χ3n) is 4.40. The SMILES string of the molecule is Cc1cc(-n2cccc2/C=C2/C(=O)NN(c3ccccc3)C2=O)ccc1Cl. The van der Waals surface area contributed by atoms with Crippen molar-refractivity contribution in [3.63, 3.8) is 0 Å². The summed E-state index contributed by atoms with van der Waals surface area (Å²) in [4.78, 5) is 25.1. The van der Waals surface area contributed by atoms with E-state index >= 15 is 0 Å². The number of carbonyl (C=O) groups excluding carboxylic acids is 2. The smallest absolute Gasteiger partial charge is 0.282 e. The second kappa shape index (κ2) is 6.78. The van der Waals surface area contributed by atoms with Gasteiger partial charge in [-0.25, -0.2) is 5.01 Å². The molecule has 0 bridgehead atoms. The molecule has 1 aromatic heterocycles. The third-order valence-corrected chi connectivity index (χ3v) is 4.82. The van der Waals surface area contributed by atoms with Crippen molar-refractivity contribution in [2.75, 3.05) is 5.01 Å². The molecule has 1 aliphatic heterocycles. The van der Waals surface area contributed by atoms with Gasteiger partial charge in [-0.05, 0) is 61.0 Å². The number of carbonyl (C=O) groups is 2. The Morgan fingerprint density at radius 3 is 2.48 bits per heavy atom. The first-order valence-corrected chi connectivity index (χ1v) is 8.78. The van der Waals surface area contributed by atoms with E-state index in [1.807, 2.05) is 66.2 Å². The van der Waals surface area contributed by atoms with Crippen LogP contribution in [0.4, 0.5) is 5.69 Å². The molecule has 0 unspecified atom stereocenters. The van der Waals surface area contributed by atoms with Crippen LogP contribution in [-0.2, 0) is 9.59 Å². The van der Waals surface area contributed by atoms with Crippen molar-refractivity contribution in [1.29, 1.82) is 0 Å². The van der Waals surface area contributed by atoms with Crippen molar-refractivity contribution in [3.8, 4) is 5.69 Å². The fraction of sp³-hybridized carbons (Fsp3) is 0.0476. The summed E-state index contributed by atoms with van der Waals surface area (Å²) in [5.41, 5.74) is 5.89. The fourth-order valence-electron chi connectivity index (χ4n) is 2.99. The van der Waals surface area contributed by atoms with Crippen LogP contribution in [0.3, 0.4) is 0 Å². The highest BCUT2D eigenvalue weighted by Crippen LogP contribution is 2.24. The molecule has 27 heavy (non-hydrogen) atoms. The monoisotopic (exact) mass is 377 g/mol. The minimum Gasteiger partial charge on any atom is -0.317 e. The number of amides is 2. The first-order chi connectivity index (χ1) is 13.0. The Hall–Kier alpha value is -3.31. The molecule has 1 aliphatic rings. The van der Waals surface area contributed by atoms with Crippen LogP contribution in [0.15, 0.2) is 72.4 Å². The number of halogens is 1.